The highest BCUT2D eigenvalue weighted by atomic mass is 79.9. The fraction of sp³-hybridized carbons (Fsp3) is 0.231. The van der Waals surface area contributed by atoms with Gasteiger partial charge in [0, 0.05) is 21.6 Å². The van der Waals surface area contributed by atoms with Crippen molar-refractivity contribution >= 4 is 58.9 Å². The van der Waals surface area contributed by atoms with Crippen molar-refractivity contribution in [1.82, 2.24) is 4.72 Å². The zero-order valence-corrected chi connectivity index (χ0v) is 16.0. The van der Waals surface area contributed by atoms with Gasteiger partial charge >= 0.3 is 0 Å². The first-order valence-electron chi connectivity index (χ1n) is 6.09. The van der Waals surface area contributed by atoms with Crippen molar-refractivity contribution in [1.29, 1.82) is 0 Å². The zero-order valence-electron chi connectivity index (χ0n) is 11.2. The number of nitrogens with one attached hydrogen (secondary N) is 1. The molecule has 0 spiro atoms. The van der Waals surface area contributed by atoms with Gasteiger partial charge in [0.05, 0.1) is 8.68 Å². The van der Waals surface area contributed by atoms with Crippen molar-refractivity contribution in [2.24, 2.45) is 0 Å². The van der Waals surface area contributed by atoms with Gasteiger partial charge in [-0.1, -0.05) is 15.9 Å². The maximum atomic E-state index is 12.4. The van der Waals surface area contributed by atoms with Crippen LogP contribution < -0.4 is 10.5 Å². The summed E-state index contributed by atoms with van der Waals surface area (Å²) in [5.41, 5.74) is 6.83. The Morgan fingerprint density at radius 1 is 1.29 bits per heavy atom. The molecule has 1 aromatic heterocycles. The van der Waals surface area contributed by atoms with Crippen molar-refractivity contribution in [2.45, 2.75) is 18.2 Å². The average Bonchev–Trinajstić information content (AvgIpc) is 2.79. The third kappa shape index (κ3) is 4.29. The Morgan fingerprint density at radius 3 is 2.62 bits per heavy atom. The van der Waals surface area contributed by atoms with E-state index in [1.807, 2.05) is 12.1 Å². The number of hydrogen-bond acceptors (Lipinski definition) is 4. The van der Waals surface area contributed by atoms with E-state index in [0.717, 1.165) is 8.66 Å². The molecule has 21 heavy (non-hydrogen) atoms. The van der Waals surface area contributed by atoms with Crippen molar-refractivity contribution in [3.63, 3.8) is 0 Å². The number of thiophene rings is 1. The zero-order chi connectivity index (χ0) is 15.6. The molecule has 8 heteroatoms. The average molecular weight is 454 g/mol. The number of nitrogen functional groups attached to an aromatic ring is 1. The first-order valence-corrected chi connectivity index (χ1v) is 9.97. The summed E-state index contributed by atoms with van der Waals surface area (Å²) < 4.78 is 29.0. The summed E-state index contributed by atoms with van der Waals surface area (Å²) in [6, 6.07) is 7.19. The number of anilines is 1. The summed E-state index contributed by atoms with van der Waals surface area (Å²) in [7, 11) is -3.57. The highest BCUT2D eigenvalue weighted by Gasteiger charge is 2.18. The van der Waals surface area contributed by atoms with Crippen LogP contribution in [0.5, 0.6) is 0 Å². The summed E-state index contributed by atoms with van der Waals surface area (Å²) in [5, 5.41) is 0. The van der Waals surface area contributed by atoms with Crippen molar-refractivity contribution < 1.29 is 8.42 Å². The lowest BCUT2D eigenvalue weighted by molar-refractivity contribution is 0.581. The standard InChI is InChI=1S/C13H14Br2N2O2S2/c1-8-11(16)6-9(14)7-12(8)21(18,19)17-5-4-10-2-3-13(15)20-10/h2-3,6-7,17H,4-5,16H2,1H3. The highest BCUT2D eigenvalue weighted by molar-refractivity contribution is 9.11. The summed E-state index contributed by atoms with van der Waals surface area (Å²) >= 11 is 8.25. The topological polar surface area (TPSA) is 72.2 Å². The van der Waals surface area contributed by atoms with Crippen molar-refractivity contribution in [3.05, 3.63) is 43.0 Å². The molecule has 1 aromatic carbocycles. The van der Waals surface area contributed by atoms with Crippen LogP contribution in [0.1, 0.15) is 10.4 Å². The molecule has 0 amide bonds. The molecule has 0 radical (unpaired) electrons. The Hall–Kier alpha value is -0.410. The predicted octanol–water partition coefficient (Wildman–Crippen LogP) is 3.68. The molecule has 1 heterocycles. The lowest BCUT2D eigenvalue weighted by atomic mass is 10.2. The largest absolute Gasteiger partial charge is 0.398 e. The molecule has 0 bridgehead atoms. The molecule has 2 aromatic rings. The van der Waals surface area contributed by atoms with Gasteiger partial charge in [0.2, 0.25) is 10.0 Å². The molecule has 0 saturated heterocycles. The van der Waals surface area contributed by atoms with E-state index in [-0.39, 0.29) is 4.90 Å². The van der Waals surface area contributed by atoms with E-state index >= 15 is 0 Å². The van der Waals surface area contributed by atoms with E-state index in [1.54, 1.807) is 30.4 Å². The number of rotatable bonds is 5. The molecule has 114 valence electrons. The molecule has 0 aliphatic carbocycles. The van der Waals surface area contributed by atoms with Crippen LogP contribution in [0.3, 0.4) is 0 Å². The number of hydrogen-bond donors (Lipinski definition) is 2. The minimum Gasteiger partial charge on any atom is -0.398 e. The second kappa shape index (κ2) is 6.78. The fourth-order valence-corrected chi connectivity index (χ4v) is 5.26. The molecule has 0 aliphatic rings. The third-order valence-corrected chi connectivity index (χ3v) is 6.68. The Labute approximate surface area is 145 Å². The van der Waals surface area contributed by atoms with Gasteiger partial charge in [-0.3, -0.25) is 0 Å². The Morgan fingerprint density at radius 2 is 2.00 bits per heavy atom. The second-order valence-electron chi connectivity index (χ2n) is 4.47. The number of halogens is 2. The monoisotopic (exact) mass is 452 g/mol. The summed E-state index contributed by atoms with van der Waals surface area (Å²) in [6.07, 6.45) is 0.651. The van der Waals surface area contributed by atoms with Crippen LogP contribution in [0, 0.1) is 6.92 Å². The Balaban J connectivity index is 2.12. The quantitative estimate of drug-likeness (QED) is 0.678. The number of nitrogens with two attached hydrogens (primary N) is 1. The first-order chi connectivity index (χ1) is 9.79. The normalized spacial score (nSPS) is 11.8. The fourth-order valence-electron chi connectivity index (χ4n) is 1.83. The molecular formula is C13H14Br2N2O2S2. The van der Waals surface area contributed by atoms with Gasteiger partial charge in [-0.05, 0) is 59.1 Å². The molecule has 0 aliphatic heterocycles. The first kappa shape index (κ1) is 17.0. The Kier molecular flexibility index (Phi) is 5.48. The minimum atomic E-state index is -3.57. The van der Waals surface area contributed by atoms with Crippen LogP contribution >= 0.6 is 43.2 Å². The van der Waals surface area contributed by atoms with Gasteiger partial charge in [0.1, 0.15) is 0 Å². The highest BCUT2D eigenvalue weighted by Crippen LogP contribution is 2.26. The predicted molar refractivity (Wildman–Crippen MR) is 94.2 cm³/mol. The van der Waals surface area contributed by atoms with Crippen LogP contribution in [-0.2, 0) is 16.4 Å². The molecule has 2 rings (SSSR count). The summed E-state index contributed by atoms with van der Waals surface area (Å²) in [5.74, 6) is 0. The smallest absolute Gasteiger partial charge is 0.240 e. The van der Waals surface area contributed by atoms with E-state index in [4.69, 9.17) is 5.73 Å². The van der Waals surface area contributed by atoms with E-state index < -0.39 is 10.0 Å². The summed E-state index contributed by atoms with van der Waals surface area (Å²) in [6.45, 7) is 2.05. The molecule has 3 N–H and O–H groups in total. The minimum absolute atomic E-state index is 0.210. The van der Waals surface area contributed by atoms with Gasteiger partial charge in [-0.15, -0.1) is 11.3 Å². The number of benzene rings is 1. The van der Waals surface area contributed by atoms with E-state index in [9.17, 15) is 8.42 Å². The molecular weight excluding hydrogens is 440 g/mol. The molecule has 0 atom stereocenters. The van der Waals surface area contributed by atoms with Gasteiger partial charge in [-0.2, -0.15) is 0 Å². The molecule has 0 saturated carbocycles. The second-order valence-corrected chi connectivity index (χ2v) is 9.67. The summed E-state index contributed by atoms with van der Waals surface area (Å²) in [4.78, 5) is 1.33. The van der Waals surface area contributed by atoms with Gasteiger partial charge < -0.3 is 5.73 Å². The number of sulfonamides is 1. The molecule has 0 fully saturated rings. The van der Waals surface area contributed by atoms with Crippen LogP contribution in [0.2, 0.25) is 0 Å². The van der Waals surface area contributed by atoms with Crippen molar-refractivity contribution in [3.8, 4) is 0 Å². The molecule has 0 unspecified atom stereocenters. The van der Waals surface area contributed by atoms with Gasteiger partial charge in [0.15, 0.2) is 0 Å². The van der Waals surface area contributed by atoms with Gasteiger partial charge in [-0.25, -0.2) is 13.1 Å². The lowest BCUT2D eigenvalue weighted by Gasteiger charge is -2.11. The van der Waals surface area contributed by atoms with Crippen LogP contribution in [-0.4, -0.2) is 15.0 Å². The maximum Gasteiger partial charge on any atom is 0.240 e. The van der Waals surface area contributed by atoms with Crippen molar-refractivity contribution in [2.75, 3.05) is 12.3 Å². The van der Waals surface area contributed by atoms with Crippen LogP contribution in [0.15, 0.2) is 37.4 Å². The lowest BCUT2D eigenvalue weighted by Crippen LogP contribution is -2.26. The van der Waals surface area contributed by atoms with E-state index in [2.05, 4.69) is 36.6 Å². The van der Waals surface area contributed by atoms with E-state index in [1.165, 1.54) is 0 Å². The maximum absolute atomic E-state index is 12.4. The Bertz CT molecular complexity index is 758. The van der Waals surface area contributed by atoms with Crippen LogP contribution in [0.4, 0.5) is 5.69 Å². The SMILES string of the molecule is Cc1c(N)cc(Br)cc1S(=O)(=O)NCCc1ccc(Br)s1. The molecule has 4 nitrogen and oxygen atoms in total. The third-order valence-electron chi connectivity index (χ3n) is 2.95. The van der Waals surface area contributed by atoms with Gasteiger partial charge in [0.25, 0.3) is 0 Å². The van der Waals surface area contributed by atoms with Crippen LogP contribution in [0.25, 0.3) is 0 Å². The van der Waals surface area contributed by atoms with E-state index in [0.29, 0.717) is 28.7 Å².